The van der Waals surface area contributed by atoms with Gasteiger partial charge in [0.2, 0.25) is 0 Å². The van der Waals surface area contributed by atoms with Crippen molar-refractivity contribution < 1.29 is 24.2 Å². The van der Waals surface area contributed by atoms with Gasteiger partial charge in [0.25, 0.3) is 0 Å². The van der Waals surface area contributed by atoms with Crippen molar-refractivity contribution in [3.63, 3.8) is 0 Å². The Hall–Kier alpha value is -6.43. The van der Waals surface area contributed by atoms with Crippen LogP contribution in [0.25, 0.3) is 38.8 Å². The maximum atomic E-state index is 14.0. The van der Waals surface area contributed by atoms with Crippen molar-refractivity contribution in [2.24, 2.45) is 11.8 Å². The number of hydrogen-bond acceptors (Lipinski definition) is 7. The van der Waals surface area contributed by atoms with Crippen LogP contribution in [0.15, 0.2) is 127 Å². The van der Waals surface area contributed by atoms with Crippen molar-refractivity contribution in [2.75, 3.05) is 18.1 Å². The van der Waals surface area contributed by atoms with Crippen LogP contribution in [0.3, 0.4) is 0 Å². The van der Waals surface area contributed by atoms with Gasteiger partial charge in [-0.1, -0.05) is 103 Å². The Balaban J connectivity index is 1.12. The van der Waals surface area contributed by atoms with Crippen molar-refractivity contribution in [2.45, 2.75) is 79.1 Å². The molecule has 1 aliphatic rings. The summed E-state index contributed by atoms with van der Waals surface area (Å²) in [5.74, 6) is 1.54. The molecule has 0 spiro atoms. The highest BCUT2D eigenvalue weighted by Gasteiger charge is 2.28. The standard InChI is InChI=1S/C55H56N2O5S/c1-5-9-11-37(7-3)35-61-46-23-19-44(20-24-46)57(45-21-25-47(26-22-45)62-36-38(8-4)12-10-6-2)43-17-13-39(14-18-43)40-15-28-49-50-29-16-41(33-52(50)54(58)51(49)32-40)53-30-27-48(63-53)31-42(34-56)55(59)60/h13-33,37-38H,5-12,35-36H2,1-4H3,(H,59,60). The van der Waals surface area contributed by atoms with E-state index in [0.29, 0.717) is 27.8 Å². The topological polar surface area (TPSA) is 99.9 Å². The van der Waals surface area contributed by atoms with E-state index in [9.17, 15) is 20.0 Å². The van der Waals surface area contributed by atoms with E-state index in [2.05, 4.69) is 111 Å². The number of carbonyl (C=O) groups is 2. The molecule has 0 amide bonds. The third kappa shape index (κ3) is 10.6. The lowest BCUT2D eigenvalue weighted by atomic mass is 9.98. The number of rotatable bonds is 21. The number of ether oxygens (including phenoxy) is 2. The molecule has 1 aliphatic carbocycles. The van der Waals surface area contributed by atoms with Crippen molar-refractivity contribution in [1.29, 1.82) is 5.26 Å². The van der Waals surface area contributed by atoms with Gasteiger partial charge in [0.05, 0.1) is 13.2 Å². The minimum Gasteiger partial charge on any atom is -0.493 e. The predicted molar refractivity (Wildman–Crippen MR) is 258 cm³/mol. The average Bonchev–Trinajstić information content (AvgIpc) is 3.90. The molecule has 8 heteroatoms. The van der Waals surface area contributed by atoms with Gasteiger partial charge in [-0.15, -0.1) is 11.3 Å². The molecular formula is C55H56N2O5S. The predicted octanol–water partition coefficient (Wildman–Crippen LogP) is 14.9. The van der Waals surface area contributed by atoms with Gasteiger partial charge in [-0.2, -0.15) is 5.26 Å². The SMILES string of the molecule is CCCCC(CC)COc1ccc(N(c2ccc(OCC(CC)CCCC)cc2)c2ccc(-c3ccc4c(c3)C(=O)c3cc(-c5ccc(C=C(C#N)C(=O)O)s5)ccc3-4)cc2)cc1. The number of thiophene rings is 1. The van der Waals surface area contributed by atoms with Gasteiger partial charge in [-0.25, -0.2) is 4.79 Å². The first-order valence-corrected chi connectivity index (χ1v) is 23.2. The molecule has 0 saturated heterocycles. The van der Waals surface area contributed by atoms with E-state index in [4.69, 9.17) is 9.47 Å². The van der Waals surface area contributed by atoms with E-state index >= 15 is 0 Å². The number of nitrogens with zero attached hydrogens (tertiary/aromatic N) is 2. The van der Waals surface area contributed by atoms with Crippen LogP contribution in [0, 0.1) is 23.2 Å². The normalized spacial score (nSPS) is 12.9. The van der Waals surface area contributed by atoms with E-state index in [0.717, 1.165) is 87.3 Å². The number of aliphatic carboxylic acids is 1. The molecule has 63 heavy (non-hydrogen) atoms. The summed E-state index contributed by atoms with van der Waals surface area (Å²) in [6, 6.07) is 42.5. The van der Waals surface area contributed by atoms with Crippen LogP contribution in [0.5, 0.6) is 11.5 Å². The molecule has 0 bridgehead atoms. The van der Waals surface area contributed by atoms with Gasteiger partial charge >= 0.3 is 5.97 Å². The Morgan fingerprint density at radius 1 is 0.651 bits per heavy atom. The Kier molecular flexibility index (Phi) is 14.9. The first kappa shape index (κ1) is 44.6. The minimum absolute atomic E-state index is 0.0296. The lowest BCUT2D eigenvalue weighted by Gasteiger charge is -2.26. The summed E-state index contributed by atoms with van der Waals surface area (Å²) in [4.78, 5) is 29.1. The number of unbranched alkanes of at least 4 members (excludes halogenated alkanes) is 2. The molecule has 2 unspecified atom stereocenters. The fourth-order valence-electron chi connectivity index (χ4n) is 8.14. The van der Waals surface area contributed by atoms with E-state index < -0.39 is 5.97 Å². The van der Waals surface area contributed by atoms with Crippen LogP contribution in [-0.2, 0) is 4.79 Å². The number of anilines is 3. The van der Waals surface area contributed by atoms with E-state index in [1.165, 1.54) is 55.9 Å². The number of fused-ring (bicyclic) bond motifs is 3. The number of benzene rings is 5. The molecule has 0 radical (unpaired) electrons. The molecule has 1 aromatic heterocycles. The molecule has 0 aliphatic heterocycles. The highest BCUT2D eigenvalue weighted by molar-refractivity contribution is 7.16. The first-order valence-electron chi connectivity index (χ1n) is 22.4. The van der Waals surface area contributed by atoms with Gasteiger partial charge in [0.1, 0.15) is 23.1 Å². The van der Waals surface area contributed by atoms with Crippen LogP contribution in [0.4, 0.5) is 17.1 Å². The van der Waals surface area contributed by atoms with Gasteiger partial charge < -0.3 is 19.5 Å². The monoisotopic (exact) mass is 856 g/mol. The Labute approximate surface area is 376 Å². The lowest BCUT2D eigenvalue weighted by molar-refractivity contribution is -0.132. The van der Waals surface area contributed by atoms with Crippen LogP contribution in [0.2, 0.25) is 0 Å². The molecule has 7 nitrogen and oxygen atoms in total. The Bertz CT molecular complexity index is 2520. The largest absolute Gasteiger partial charge is 0.493 e. The van der Waals surface area contributed by atoms with Crippen molar-refractivity contribution in [3.8, 4) is 50.3 Å². The van der Waals surface area contributed by atoms with Gasteiger partial charge in [-0.3, -0.25) is 4.79 Å². The number of carboxylic acid groups (broad SMARTS) is 1. The summed E-state index contributed by atoms with van der Waals surface area (Å²) < 4.78 is 12.6. The highest BCUT2D eigenvalue weighted by Crippen LogP contribution is 2.43. The number of nitriles is 1. The summed E-state index contributed by atoms with van der Waals surface area (Å²) in [6.07, 6.45) is 10.8. The maximum Gasteiger partial charge on any atom is 0.346 e. The third-order valence-electron chi connectivity index (χ3n) is 12.1. The molecule has 7 rings (SSSR count). The summed E-state index contributed by atoms with van der Waals surface area (Å²) in [6.45, 7) is 10.4. The van der Waals surface area contributed by atoms with E-state index in [1.807, 2.05) is 36.4 Å². The second-order valence-electron chi connectivity index (χ2n) is 16.4. The van der Waals surface area contributed by atoms with Gasteiger partial charge in [-0.05, 0) is 143 Å². The number of carbonyl (C=O) groups excluding carboxylic acids is 1. The van der Waals surface area contributed by atoms with Crippen LogP contribution in [-0.4, -0.2) is 30.1 Å². The maximum absolute atomic E-state index is 14.0. The quantitative estimate of drug-likeness (QED) is 0.0567. The third-order valence-corrected chi connectivity index (χ3v) is 13.2. The van der Waals surface area contributed by atoms with Crippen molar-refractivity contribution in [1.82, 2.24) is 0 Å². The average molecular weight is 857 g/mol. The molecule has 6 aromatic rings. The first-order chi connectivity index (χ1) is 30.7. The lowest BCUT2D eigenvalue weighted by Crippen LogP contribution is -2.12. The summed E-state index contributed by atoms with van der Waals surface area (Å²) in [7, 11) is 0. The van der Waals surface area contributed by atoms with Gasteiger partial charge in [0.15, 0.2) is 5.78 Å². The zero-order valence-corrected chi connectivity index (χ0v) is 37.5. The smallest absolute Gasteiger partial charge is 0.346 e. The van der Waals surface area contributed by atoms with E-state index in [-0.39, 0.29) is 11.4 Å². The molecule has 322 valence electrons. The molecule has 1 N–H and O–H groups in total. The molecular weight excluding hydrogens is 801 g/mol. The number of hydrogen-bond donors (Lipinski definition) is 1. The number of carboxylic acids is 1. The number of ketones is 1. The summed E-state index contributed by atoms with van der Waals surface area (Å²) in [5.41, 5.74) is 8.59. The second kappa shape index (κ2) is 21.1. The van der Waals surface area contributed by atoms with Crippen LogP contribution >= 0.6 is 11.3 Å². The molecule has 2 atom stereocenters. The zero-order chi connectivity index (χ0) is 44.3. The second-order valence-corrected chi connectivity index (χ2v) is 17.5. The van der Waals surface area contributed by atoms with Crippen LogP contribution < -0.4 is 14.4 Å². The minimum atomic E-state index is -1.26. The Morgan fingerprint density at radius 2 is 1.13 bits per heavy atom. The van der Waals surface area contributed by atoms with Crippen molar-refractivity contribution >= 4 is 46.2 Å². The fourth-order valence-corrected chi connectivity index (χ4v) is 9.09. The molecule has 5 aromatic carbocycles. The zero-order valence-electron chi connectivity index (χ0n) is 36.7. The van der Waals surface area contributed by atoms with Crippen LogP contribution in [0.1, 0.15) is 99.9 Å². The molecule has 1 heterocycles. The van der Waals surface area contributed by atoms with E-state index in [1.54, 1.807) is 12.1 Å². The van der Waals surface area contributed by atoms with Gasteiger partial charge in [0, 0.05) is 37.9 Å². The van der Waals surface area contributed by atoms with Crippen molar-refractivity contribution in [3.05, 3.63) is 143 Å². The highest BCUT2D eigenvalue weighted by atomic mass is 32.1. The Morgan fingerprint density at radius 3 is 1.60 bits per heavy atom. The fraction of sp³-hybridized carbons (Fsp3) is 0.291. The summed E-state index contributed by atoms with van der Waals surface area (Å²) in [5, 5.41) is 18.5. The summed E-state index contributed by atoms with van der Waals surface area (Å²) >= 11 is 1.37. The molecule has 0 saturated carbocycles. The molecule has 0 fully saturated rings.